The molecule has 0 radical (unpaired) electrons. The lowest BCUT2D eigenvalue weighted by molar-refractivity contribution is -0.137. The van der Waals surface area contributed by atoms with Crippen molar-refractivity contribution >= 4 is 31.5 Å². The van der Waals surface area contributed by atoms with E-state index in [-0.39, 0.29) is 10.6 Å². The van der Waals surface area contributed by atoms with E-state index in [0.717, 1.165) is 36.8 Å². The Kier molecular flexibility index (Phi) is 7.06. The van der Waals surface area contributed by atoms with Gasteiger partial charge < -0.3 is 5.32 Å². The highest BCUT2D eigenvalue weighted by Gasteiger charge is 2.31. The summed E-state index contributed by atoms with van der Waals surface area (Å²) in [5.74, 6) is -0.690. The molecule has 0 aliphatic rings. The summed E-state index contributed by atoms with van der Waals surface area (Å²) in [6.45, 7) is 0.978. The van der Waals surface area contributed by atoms with Gasteiger partial charge >= 0.3 is 6.18 Å². The molecule has 0 aromatic heterocycles. The molecule has 2 rings (SSSR count). The molecule has 7 nitrogen and oxygen atoms in total. The highest BCUT2D eigenvalue weighted by molar-refractivity contribution is 7.92. The fraction of sp³-hybridized carbons (Fsp3) is 0.316. The van der Waals surface area contributed by atoms with Gasteiger partial charge in [0.15, 0.2) is 9.84 Å². The number of sulfone groups is 1. The fourth-order valence-electron chi connectivity index (χ4n) is 2.72. The summed E-state index contributed by atoms with van der Waals surface area (Å²) in [6, 6.07) is 8.66. The maximum absolute atomic E-state index is 12.7. The molecule has 0 spiro atoms. The number of sulfonamides is 1. The van der Waals surface area contributed by atoms with Gasteiger partial charge in [-0.1, -0.05) is 12.1 Å². The van der Waals surface area contributed by atoms with Crippen LogP contribution in [0, 0.1) is 0 Å². The Morgan fingerprint density at radius 3 is 1.90 bits per heavy atom. The first-order chi connectivity index (χ1) is 14.1. The van der Waals surface area contributed by atoms with E-state index in [9.17, 15) is 34.8 Å². The fourth-order valence-corrected chi connectivity index (χ4v) is 4.21. The minimum Gasteiger partial charge on any atom is -0.348 e. The Labute approximate surface area is 178 Å². The predicted octanol–water partition coefficient (Wildman–Crippen LogP) is 2.75. The summed E-state index contributed by atoms with van der Waals surface area (Å²) >= 11 is 0. The second-order valence-electron chi connectivity index (χ2n) is 6.94. The topological polar surface area (TPSA) is 101 Å². The number of rotatable bonds is 7. The van der Waals surface area contributed by atoms with Gasteiger partial charge in [-0.15, -0.1) is 0 Å². The van der Waals surface area contributed by atoms with E-state index in [1.165, 1.54) is 24.3 Å². The number of hydrogen-bond donors (Lipinski definition) is 1. The molecule has 0 saturated heterocycles. The molecule has 31 heavy (non-hydrogen) atoms. The Hall–Kier alpha value is -2.60. The van der Waals surface area contributed by atoms with Crippen LogP contribution in [0.5, 0.6) is 0 Å². The minimum atomic E-state index is -4.58. The molecular weight excluding hydrogens is 457 g/mol. The van der Waals surface area contributed by atoms with Crippen LogP contribution in [0.25, 0.3) is 0 Å². The van der Waals surface area contributed by atoms with Gasteiger partial charge in [-0.05, 0) is 48.9 Å². The number of anilines is 1. The third-order valence-electron chi connectivity index (χ3n) is 4.36. The molecule has 1 amide bonds. The molecule has 0 saturated carbocycles. The molecule has 0 heterocycles. The first-order valence-electron chi connectivity index (χ1n) is 8.83. The number of carbonyl (C=O) groups excluding carboxylic acids is 1. The van der Waals surface area contributed by atoms with Crippen molar-refractivity contribution in [3.05, 3.63) is 59.7 Å². The summed E-state index contributed by atoms with van der Waals surface area (Å²) in [7, 11) is -7.33. The highest BCUT2D eigenvalue weighted by atomic mass is 32.2. The lowest BCUT2D eigenvalue weighted by atomic mass is 10.1. The number of nitrogens with one attached hydrogen (secondary N) is 1. The molecule has 170 valence electrons. The zero-order valence-corrected chi connectivity index (χ0v) is 18.5. The third kappa shape index (κ3) is 6.69. The van der Waals surface area contributed by atoms with Crippen LogP contribution < -0.4 is 9.62 Å². The number of halogens is 3. The number of alkyl halides is 3. The van der Waals surface area contributed by atoms with Gasteiger partial charge in [0.1, 0.15) is 6.54 Å². The maximum Gasteiger partial charge on any atom is 0.416 e. The van der Waals surface area contributed by atoms with Gasteiger partial charge in [0.2, 0.25) is 15.9 Å². The summed E-state index contributed by atoms with van der Waals surface area (Å²) < 4.78 is 86.1. The highest BCUT2D eigenvalue weighted by Crippen LogP contribution is 2.31. The van der Waals surface area contributed by atoms with Gasteiger partial charge in [-0.3, -0.25) is 9.10 Å². The molecule has 1 N–H and O–H groups in total. The van der Waals surface area contributed by atoms with E-state index in [2.05, 4.69) is 5.32 Å². The summed E-state index contributed by atoms with van der Waals surface area (Å²) in [6.07, 6.45) is -2.67. The molecule has 1 atom stereocenters. The Balaban J connectivity index is 2.16. The van der Waals surface area contributed by atoms with Crippen molar-refractivity contribution in [3.8, 4) is 0 Å². The van der Waals surface area contributed by atoms with Crippen molar-refractivity contribution in [2.45, 2.75) is 24.0 Å². The molecule has 0 bridgehead atoms. The van der Waals surface area contributed by atoms with Crippen LogP contribution in [0.4, 0.5) is 18.9 Å². The van der Waals surface area contributed by atoms with Gasteiger partial charge in [0.05, 0.1) is 28.4 Å². The van der Waals surface area contributed by atoms with E-state index in [1.807, 2.05) is 0 Å². The largest absolute Gasteiger partial charge is 0.416 e. The van der Waals surface area contributed by atoms with Crippen molar-refractivity contribution in [1.29, 1.82) is 0 Å². The zero-order valence-electron chi connectivity index (χ0n) is 16.8. The van der Waals surface area contributed by atoms with Crippen LogP contribution in [0.1, 0.15) is 24.1 Å². The average Bonchev–Trinajstić information content (AvgIpc) is 2.64. The second kappa shape index (κ2) is 8.87. The quantitative estimate of drug-likeness (QED) is 0.660. The molecule has 0 aliphatic carbocycles. The van der Waals surface area contributed by atoms with E-state index in [4.69, 9.17) is 0 Å². The number of carbonyl (C=O) groups is 1. The van der Waals surface area contributed by atoms with Crippen molar-refractivity contribution in [2.75, 3.05) is 23.4 Å². The first-order valence-corrected chi connectivity index (χ1v) is 12.6. The monoisotopic (exact) mass is 478 g/mol. The number of hydrogen-bond acceptors (Lipinski definition) is 5. The summed E-state index contributed by atoms with van der Waals surface area (Å²) in [5.41, 5.74) is -0.447. The minimum absolute atomic E-state index is 0.0872. The van der Waals surface area contributed by atoms with E-state index in [0.29, 0.717) is 9.87 Å². The van der Waals surface area contributed by atoms with Crippen LogP contribution in [0.2, 0.25) is 0 Å². The molecule has 2 aromatic carbocycles. The number of benzene rings is 2. The second-order valence-corrected chi connectivity index (χ2v) is 10.9. The Bertz CT molecular complexity index is 1140. The lowest BCUT2D eigenvalue weighted by Crippen LogP contribution is -2.41. The van der Waals surface area contributed by atoms with Crippen LogP contribution in [0.15, 0.2) is 53.4 Å². The molecule has 0 unspecified atom stereocenters. The maximum atomic E-state index is 12.7. The van der Waals surface area contributed by atoms with Crippen LogP contribution in [-0.2, 0) is 30.8 Å². The van der Waals surface area contributed by atoms with Gasteiger partial charge in [0.25, 0.3) is 0 Å². The summed E-state index contributed by atoms with van der Waals surface area (Å²) in [4.78, 5) is 12.5. The summed E-state index contributed by atoms with van der Waals surface area (Å²) in [5, 5.41) is 2.59. The van der Waals surface area contributed by atoms with Crippen molar-refractivity contribution < 1.29 is 34.8 Å². The van der Waals surface area contributed by atoms with Crippen LogP contribution >= 0.6 is 0 Å². The van der Waals surface area contributed by atoms with Crippen molar-refractivity contribution in [3.63, 3.8) is 0 Å². The SMILES string of the molecule is C[C@@H](NC(=O)CN(c1ccc(C(F)(F)F)cc1)S(C)(=O)=O)c1ccc(S(C)(=O)=O)cc1. The van der Waals surface area contributed by atoms with Gasteiger partial charge in [0, 0.05) is 6.26 Å². The number of amides is 1. The molecule has 0 aliphatic heterocycles. The molecule has 0 fully saturated rings. The molecule has 12 heteroatoms. The van der Waals surface area contributed by atoms with E-state index >= 15 is 0 Å². The van der Waals surface area contributed by atoms with Gasteiger partial charge in [-0.2, -0.15) is 13.2 Å². The van der Waals surface area contributed by atoms with Gasteiger partial charge in [-0.25, -0.2) is 16.8 Å². The third-order valence-corrected chi connectivity index (χ3v) is 6.62. The smallest absolute Gasteiger partial charge is 0.348 e. The predicted molar refractivity (Wildman–Crippen MR) is 110 cm³/mol. The van der Waals surface area contributed by atoms with E-state index in [1.54, 1.807) is 6.92 Å². The van der Waals surface area contributed by atoms with Crippen molar-refractivity contribution in [1.82, 2.24) is 5.32 Å². The lowest BCUT2D eigenvalue weighted by Gasteiger charge is -2.23. The molecular formula is C19H21F3N2O5S2. The Morgan fingerprint density at radius 1 is 0.968 bits per heavy atom. The van der Waals surface area contributed by atoms with E-state index < -0.39 is 50.1 Å². The van der Waals surface area contributed by atoms with Crippen LogP contribution in [0.3, 0.4) is 0 Å². The molecule has 2 aromatic rings. The standard InChI is InChI=1S/C19H21F3N2O5S2/c1-13(14-4-10-17(11-5-14)30(2,26)27)23-18(25)12-24(31(3,28)29)16-8-6-15(7-9-16)19(20,21)22/h4-11,13H,12H2,1-3H3,(H,23,25)/t13-/m1/s1. The number of nitrogens with zero attached hydrogens (tertiary/aromatic N) is 1. The first kappa shape index (κ1) is 24.7. The average molecular weight is 479 g/mol. The zero-order chi connectivity index (χ0) is 23.6. The Morgan fingerprint density at radius 2 is 1.48 bits per heavy atom. The van der Waals surface area contributed by atoms with Crippen molar-refractivity contribution in [2.24, 2.45) is 0 Å². The normalized spacial score (nSPS) is 13.5. The van der Waals surface area contributed by atoms with Crippen LogP contribution in [-0.4, -0.2) is 41.8 Å².